The molecule has 2 aliphatic heterocycles. The highest BCUT2D eigenvalue weighted by Crippen LogP contribution is 2.43. The summed E-state index contributed by atoms with van der Waals surface area (Å²) in [5.41, 5.74) is 5.92. The van der Waals surface area contributed by atoms with Gasteiger partial charge in [-0.15, -0.1) is 0 Å². The first-order valence-electron chi connectivity index (χ1n) is 9.64. The standard InChI is InChI=1S/C20H28N6O2/c1-13(12-27-3)21-20-22-18-17-16(24-25(18)2)9-10-26(19(17)23-20)11-14-5-7-15(28-4)8-6-14/h5-8,13,16,24H,9-12H2,1-4H3,(H,21,22,23)/t13-,16?/m0/s1. The summed E-state index contributed by atoms with van der Waals surface area (Å²) >= 11 is 0. The molecule has 0 amide bonds. The Labute approximate surface area is 165 Å². The summed E-state index contributed by atoms with van der Waals surface area (Å²) in [6.07, 6.45) is 1.02. The zero-order valence-electron chi connectivity index (χ0n) is 16.9. The van der Waals surface area contributed by atoms with Gasteiger partial charge in [-0.3, -0.25) is 5.01 Å². The molecule has 8 heteroatoms. The van der Waals surface area contributed by atoms with Crippen LogP contribution in [-0.4, -0.2) is 50.4 Å². The molecule has 0 spiro atoms. The molecular weight excluding hydrogens is 356 g/mol. The Hall–Kier alpha value is -2.58. The van der Waals surface area contributed by atoms with E-state index in [1.807, 2.05) is 24.2 Å². The summed E-state index contributed by atoms with van der Waals surface area (Å²) in [5, 5.41) is 5.37. The molecule has 1 aromatic heterocycles. The zero-order chi connectivity index (χ0) is 19.7. The highest BCUT2D eigenvalue weighted by atomic mass is 16.5. The number of anilines is 3. The number of methoxy groups -OCH3 is 2. The van der Waals surface area contributed by atoms with Crippen LogP contribution >= 0.6 is 0 Å². The number of hydrazine groups is 1. The Bertz CT molecular complexity index is 828. The van der Waals surface area contributed by atoms with Gasteiger partial charge in [0, 0.05) is 33.3 Å². The van der Waals surface area contributed by atoms with E-state index in [0.717, 1.165) is 36.9 Å². The third kappa shape index (κ3) is 3.57. The quantitative estimate of drug-likeness (QED) is 0.754. The molecular formula is C20H28N6O2. The van der Waals surface area contributed by atoms with Crippen molar-refractivity contribution in [3.63, 3.8) is 0 Å². The number of nitrogens with one attached hydrogen (secondary N) is 2. The van der Waals surface area contributed by atoms with Crippen LogP contribution in [-0.2, 0) is 11.3 Å². The van der Waals surface area contributed by atoms with Crippen molar-refractivity contribution in [2.75, 3.05) is 49.6 Å². The maximum Gasteiger partial charge on any atom is 0.226 e. The second kappa shape index (κ2) is 7.81. The summed E-state index contributed by atoms with van der Waals surface area (Å²) in [6.45, 7) is 4.40. The van der Waals surface area contributed by atoms with E-state index in [1.165, 1.54) is 11.1 Å². The predicted octanol–water partition coefficient (Wildman–Crippen LogP) is 2.34. The second-order valence-electron chi connectivity index (χ2n) is 7.41. The first kappa shape index (κ1) is 18.8. The van der Waals surface area contributed by atoms with Gasteiger partial charge in [-0.2, -0.15) is 9.97 Å². The fourth-order valence-electron chi connectivity index (χ4n) is 3.90. The summed E-state index contributed by atoms with van der Waals surface area (Å²) in [6, 6.07) is 8.62. The lowest BCUT2D eigenvalue weighted by Crippen LogP contribution is -2.36. The molecule has 2 N–H and O–H groups in total. The van der Waals surface area contributed by atoms with Crippen LogP contribution in [0.5, 0.6) is 5.75 Å². The monoisotopic (exact) mass is 384 g/mol. The van der Waals surface area contributed by atoms with Gasteiger partial charge < -0.3 is 19.7 Å². The van der Waals surface area contributed by atoms with Crippen molar-refractivity contribution in [1.29, 1.82) is 0 Å². The third-order valence-electron chi connectivity index (χ3n) is 5.23. The molecule has 2 aromatic rings. The number of rotatable bonds is 7. The number of aromatic nitrogens is 2. The van der Waals surface area contributed by atoms with E-state index in [1.54, 1.807) is 14.2 Å². The van der Waals surface area contributed by atoms with Gasteiger partial charge in [0.05, 0.1) is 25.3 Å². The summed E-state index contributed by atoms with van der Waals surface area (Å²) < 4.78 is 10.5. The van der Waals surface area contributed by atoms with Crippen molar-refractivity contribution < 1.29 is 9.47 Å². The predicted molar refractivity (Wildman–Crippen MR) is 110 cm³/mol. The minimum absolute atomic E-state index is 0.129. The molecule has 0 aliphatic carbocycles. The molecule has 28 heavy (non-hydrogen) atoms. The Kier molecular flexibility index (Phi) is 5.23. The Morgan fingerprint density at radius 2 is 1.96 bits per heavy atom. The molecule has 4 rings (SSSR count). The number of ether oxygens (including phenoxy) is 2. The van der Waals surface area contributed by atoms with Crippen molar-refractivity contribution in [3.8, 4) is 5.75 Å². The first-order chi connectivity index (χ1) is 13.6. The van der Waals surface area contributed by atoms with Crippen LogP contribution in [0, 0.1) is 0 Å². The van der Waals surface area contributed by atoms with Crippen molar-refractivity contribution in [1.82, 2.24) is 15.4 Å². The summed E-state index contributed by atoms with van der Waals surface area (Å²) in [4.78, 5) is 12.0. The zero-order valence-corrected chi connectivity index (χ0v) is 16.9. The van der Waals surface area contributed by atoms with Gasteiger partial charge in [0.1, 0.15) is 11.6 Å². The van der Waals surface area contributed by atoms with Gasteiger partial charge in [-0.05, 0) is 31.0 Å². The average molecular weight is 384 g/mol. The molecule has 0 radical (unpaired) electrons. The van der Waals surface area contributed by atoms with E-state index in [0.29, 0.717) is 12.6 Å². The topological polar surface area (TPSA) is 74.8 Å². The van der Waals surface area contributed by atoms with Crippen LogP contribution in [0.25, 0.3) is 0 Å². The van der Waals surface area contributed by atoms with Crippen LogP contribution in [0.3, 0.4) is 0 Å². The lowest BCUT2D eigenvalue weighted by molar-refractivity contribution is 0.190. The number of nitrogens with zero attached hydrogens (tertiary/aromatic N) is 4. The maximum atomic E-state index is 5.27. The van der Waals surface area contributed by atoms with Gasteiger partial charge >= 0.3 is 0 Å². The van der Waals surface area contributed by atoms with Gasteiger partial charge in [0.25, 0.3) is 0 Å². The highest BCUT2D eigenvalue weighted by Gasteiger charge is 2.37. The van der Waals surface area contributed by atoms with Crippen LogP contribution < -0.4 is 25.4 Å². The molecule has 1 unspecified atom stereocenters. The SMILES string of the molecule is COC[C@H](C)Nc1nc2c3c(n1)N(C)NC3CCN2Cc1ccc(OC)cc1. The fourth-order valence-corrected chi connectivity index (χ4v) is 3.90. The number of hydrogen-bond donors (Lipinski definition) is 2. The fraction of sp³-hybridized carbons (Fsp3) is 0.500. The van der Waals surface area contributed by atoms with Crippen molar-refractivity contribution in [2.45, 2.75) is 32.0 Å². The minimum atomic E-state index is 0.129. The third-order valence-corrected chi connectivity index (χ3v) is 5.23. The second-order valence-corrected chi connectivity index (χ2v) is 7.41. The van der Waals surface area contributed by atoms with E-state index in [4.69, 9.17) is 19.4 Å². The molecule has 0 bridgehead atoms. The summed E-state index contributed by atoms with van der Waals surface area (Å²) in [7, 11) is 5.40. The lowest BCUT2D eigenvalue weighted by Gasteiger charge is -2.32. The van der Waals surface area contributed by atoms with Crippen LogP contribution in [0.1, 0.15) is 30.5 Å². The lowest BCUT2D eigenvalue weighted by atomic mass is 10.0. The van der Waals surface area contributed by atoms with E-state index in [-0.39, 0.29) is 12.1 Å². The molecule has 2 atom stereocenters. The Morgan fingerprint density at radius 1 is 1.21 bits per heavy atom. The van der Waals surface area contributed by atoms with Gasteiger partial charge in [-0.25, -0.2) is 5.43 Å². The molecule has 0 fully saturated rings. The van der Waals surface area contributed by atoms with Crippen LogP contribution in [0.4, 0.5) is 17.6 Å². The van der Waals surface area contributed by atoms with Gasteiger partial charge in [-0.1, -0.05) is 12.1 Å². The smallest absolute Gasteiger partial charge is 0.226 e. The highest BCUT2D eigenvalue weighted by molar-refractivity contribution is 5.68. The normalized spacial score (nSPS) is 18.8. The van der Waals surface area contributed by atoms with Gasteiger partial charge in [0.15, 0.2) is 5.82 Å². The molecule has 0 saturated heterocycles. The molecule has 2 aliphatic rings. The molecule has 150 valence electrons. The molecule has 1 aromatic carbocycles. The van der Waals surface area contributed by atoms with Gasteiger partial charge in [0.2, 0.25) is 5.95 Å². The van der Waals surface area contributed by atoms with E-state index in [9.17, 15) is 0 Å². The molecule has 0 saturated carbocycles. The van der Waals surface area contributed by atoms with E-state index >= 15 is 0 Å². The average Bonchev–Trinajstić information content (AvgIpc) is 3.01. The van der Waals surface area contributed by atoms with Crippen LogP contribution in [0.15, 0.2) is 24.3 Å². The molecule has 8 nitrogen and oxygen atoms in total. The van der Waals surface area contributed by atoms with Crippen molar-refractivity contribution >= 4 is 17.6 Å². The Balaban J connectivity index is 1.64. The van der Waals surface area contributed by atoms with Crippen LogP contribution in [0.2, 0.25) is 0 Å². The number of hydrogen-bond acceptors (Lipinski definition) is 8. The molecule has 3 heterocycles. The minimum Gasteiger partial charge on any atom is -0.497 e. The first-order valence-corrected chi connectivity index (χ1v) is 9.64. The van der Waals surface area contributed by atoms with Crippen molar-refractivity contribution in [3.05, 3.63) is 35.4 Å². The van der Waals surface area contributed by atoms with Crippen molar-refractivity contribution in [2.24, 2.45) is 0 Å². The largest absolute Gasteiger partial charge is 0.497 e. The number of benzene rings is 1. The summed E-state index contributed by atoms with van der Waals surface area (Å²) in [5.74, 6) is 3.45. The Morgan fingerprint density at radius 3 is 2.68 bits per heavy atom. The van der Waals surface area contributed by atoms with E-state index in [2.05, 4.69) is 34.7 Å². The maximum absolute atomic E-state index is 5.27. The van der Waals surface area contributed by atoms with E-state index < -0.39 is 0 Å².